The lowest BCUT2D eigenvalue weighted by Gasteiger charge is -2.37. The van der Waals surface area contributed by atoms with E-state index in [0.29, 0.717) is 19.0 Å². The van der Waals surface area contributed by atoms with E-state index in [2.05, 4.69) is 12.2 Å². The third-order valence-electron chi connectivity index (χ3n) is 4.88. The minimum atomic E-state index is -3.30. The van der Waals surface area contributed by atoms with Crippen molar-refractivity contribution in [2.75, 3.05) is 33.2 Å². The van der Waals surface area contributed by atoms with E-state index >= 15 is 0 Å². The van der Waals surface area contributed by atoms with Crippen molar-refractivity contribution < 1.29 is 8.42 Å². The van der Waals surface area contributed by atoms with Crippen molar-refractivity contribution in [1.82, 2.24) is 13.9 Å². The summed E-state index contributed by atoms with van der Waals surface area (Å²) in [6.07, 6.45) is 7.97. The molecule has 2 fully saturated rings. The van der Waals surface area contributed by atoms with Crippen LogP contribution in [0, 0.1) is 5.92 Å². The average Bonchev–Trinajstić information content (AvgIpc) is 2.98. The van der Waals surface area contributed by atoms with Crippen LogP contribution in [0.2, 0.25) is 0 Å². The van der Waals surface area contributed by atoms with Crippen LogP contribution in [-0.2, 0) is 10.2 Å². The van der Waals surface area contributed by atoms with Crippen LogP contribution in [0.1, 0.15) is 51.9 Å². The van der Waals surface area contributed by atoms with Crippen LogP contribution in [0.3, 0.4) is 0 Å². The van der Waals surface area contributed by atoms with Gasteiger partial charge in [0, 0.05) is 32.7 Å². The Morgan fingerprint density at radius 1 is 1.14 bits per heavy atom. The normalized spacial score (nSPS) is 25.8. The molecule has 1 aliphatic carbocycles. The Morgan fingerprint density at radius 3 is 2.48 bits per heavy atom. The van der Waals surface area contributed by atoms with Gasteiger partial charge in [0.2, 0.25) is 0 Å². The molecular weight excluding hydrogens is 286 g/mol. The number of hydrogen-bond acceptors (Lipinski definition) is 3. The molecule has 124 valence electrons. The number of likely N-dealkylation sites (N-methyl/N-ethyl adjacent to an activating group) is 1. The van der Waals surface area contributed by atoms with E-state index in [1.54, 1.807) is 15.7 Å². The first kappa shape index (κ1) is 17.2. The third-order valence-corrected chi connectivity index (χ3v) is 6.89. The summed E-state index contributed by atoms with van der Waals surface area (Å²) in [6, 6.07) is 0.120. The summed E-state index contributed by atoms with van der Waals surface area (Å²) in [6.45, 7) is 5.09. The van der Waals surface area contributed by atoms with E-state index in [1.165, 1.54) is 25.7 Å². The molecule has 6 heteroatoms. The van der Waals surface area contributed by atoms with Crippen molar-refractivity contribution >= 4 is 10.2 Å². The van der Waals surface area contributed by atoms with Gasteiger partial charge in [-0.15, -0.1) is 0 Å². The van der Waals surface area contributed by atoms with Gasteiger partial charge in [0.15, 0.2) is 0 Å². The molecule has 1 atom stereocenters. The lowest BCUT2D eigenvalue weighted by molar-refractivity contribution is 0.227. The number of rotatable bonds is 7. The summed E-state index contributed by atoms with van der Waals surface area (Å²) in [7, 11) is -1.55. The quantitative estimate of drug-likeness (QED) is 0.779. The molecule has 0 aromatic heterocycles. The molecule has 1 unspecified atom stereocenters. The van der Waals surface area contributed by atoms with Crippen LogP contribution in [0.25, 0.3) is 0 Å². The first-order valence-electron chi connectivity index (χ1n) is 8.49. The maximum Gasteiger partial charge on any atom is 0.282 e. The van der Waals surface area contributed by atoms with Crippen LogP contribution in [-0.4, -0.2) is 56.3 Å². The molecule has 21 heavy (non-hydrogen) atoms. The highest BCUT2D eigenvalue weighted by Crippen LogP contribution is 2.27. The summed E-state index contributed by atoms with van der Waals surface area (Å²) in [5.74, 6) is 0.557. The van der Waals surface area contributed by atoms with E-state index in [0.717, 1.165) is 32.4 Å². The summed E-state index contributed by atoms with van der Waals surface area (Å²) in [5, 5.41) is 3.31. The molecule has 1 N–H and O–H groups in total. The highest BCUT2D eigenvalue weighted by atomic mass is 32.2. The van der Waals surface area contributed by atoms with Gasteiger partial charge < -0.3 is 5.32 Å². The van der Waals surface area contributed by atoms with E-state index in [1.807, 2.05) is 0 Å². The highest BCUT2D eigenvalue weighted by molar-refractivity contribution is 7.86. The SMILES string of the molecule is CCNCC1CCCCN1S(=O)(=O)N(C)CC1CCCC1. The van der Waals surface area contributed by atoms with Gasteiger partial charge in [-0.05, 0) is 38.1 Å². The van der Waals surface area contributed by atoms with Crippen LogP contribution in [0.4, 0.5) is 0 Å². The van der Waals surface area contributed by atoms with Crippen LogP contribution in [0.5, 0.6) is 0 Å². The average molecular weight is 317 g/mol. The van der Waals surface area contributed by atoms with Crippen molar-refractivity contribution in [2.45, 2.75) is 57.9 Å². The van der Waals surface area contributed by atoms with Gasteiger partial charge in [0.1, 0.15) is 0 Å². The first-order valence-corrected chi connectivity index (χ1v) is 9.89. The molecule has 0 radical (unpaired) electrons. The molecule has 0 bridgehead atoms. The molecule has 0 aromatic carbocycles. The van der Waals surface area contributed by atoms with Gasteiger partial charge in [-0.2, -0.15) is 17.0 Å². The Balaban J connectivity index is 2.00. The number of nitrogens with one attached hydrogen (secondary N) is 1. The molecule has 5 nitrogen and oxygen atoms in total. The molecule has 1 aliphatic heterocycles. The lowest BCUT2D eigenvalue weighted by Crippen LogP contribution is -2.53. The van der Waals surface area contributed by atoms with Crippen molar-refractivity contribution in [3.05, 3.63) is 0 Å². The summed E-state index contributed by atoms with van der Waals surface area (Å²) >= 11 is 0. The van der Waals surface area contributed by atoms with Crippen molar-refractivity contribution in [3.8, 4) is 0 Å². The minimum Gasteiger partial charge on any atom is -0.315 e. The van der Waals surface area contributed by atoms with E-state index in [-0.39, 0.29) is 6.04 Å². The van der Waals surface area contributed by atoms with Gasteiger partial charge >= 0.3 is 0 Å². The van der Waals surface area contributed by atoms with Crippen molar-refractivity contribution in [2.24, 2.45) is 5.92 Å². The van der Waals surface area contributed by atoms with E-state index in [9.17, 15) is 8.42 Å². The number of nitrogens with zero attached hydrogens (tertiary/aromatic N) is 2. The monoisotopic (exact) mass is 317 g/mol. The van der Waals surface area contributed by atoms with E-state index < -0.39 is 10.2 Å². The van der Waals surface area contributed by atoms with Gasteiger partial charge in [-0.1, -0.05) is 26.2 Å². The fourth-order valence-electron chi connectivity index (χ4n) is 3.62. The second-order valence-corrected chi connectivity index (χ2v) is 8.49. The summed E-state index contributed by atoms with van der Waals surface area (Å²) in [4.78, 5) is 0. The fraction of sp³-hybridized carbons (Fsp3) is 1.00. The second-order valence-electron chi connectivity index (χ2n) is 6.51. The molecular formula is C15H31N3O2S. The van der Waals surface area contributed by atoms with Crippen molar-refractivity contribution in [3.63, 3.8) is 0 Å². The Morgan fingerprint density at radius 2 is 1.81 bits per heavy atom. The Bertz CT molecular complexity index is 407. The first-order chi connectivity index (χ1) is 10.1. The predicted octanol–water partition coefficient (Wildman–Crippen LogP) is 1.82. The minimum absolute atomic E-state index is 0.120. The largest absolute Gasteiger partial charge is 0.315 e. The van der Waals surface area contributed by atoms with Crippen LogP contribution >= 0.6 is 0 Å². The number of piperidine rings is 1. The lowest BCUT2D eigenvalue weighted by atomic mass is 10.1. The zero-order valence-corrected chi connectivity index (χ0v) is 14.4. The Labute approximate surface area is 130 Å². The maximum absolute atomic E-state index is 12.9. The van der Waals surface area contributed by atoms with Crippen LogP contribution in [0.15, 0.2) is 0 Å². The molecule has 0 aromatic rings. The second kappa shape index (κ2) is 7.90. The molecule has 0 amide bonds. The summed E-state index contributed by atoms with van der Waals surface area (Å²) in [5.41, 5.74) is 0. The molecule has 1 saturated carbocycles. The Hall–Kier alpha value is -0.170. The molecule has 1 heterocycles. The van der Waals surface area contributed by atoms with Gasteiger partial charge in [0.05, 0.1) is 0 Å². The topological polar surface area (TPSA) is 52.7 Å². The van der Waals surface area contributed by atoms with Crippen molar-refractivity contribution in [1.29, 1.82) is 0 Å². The molecule has 1 saturated heterocycles. The number of hydrogen-bond donors (Lipinski definition) is 1. The fourth-order valence-corrected chi connectivity index (χ4v) is 5.30. The van der Waals surface area contributed by atoms with Gasteiger partial charge in [-0.3, -0.25) is 0 Å². The molecule has 0 spiro atoms. The third kappa shape index (κ3) is 4.41. The van der Waals surface area contributed by atoms with Gasteiger partial charge in [0.25, 0.3) is 10.2 Å². The smallest absolute Gasteiger partial charge is 0.282 e. The zero-order valence-electron chi connectivity index (χ0n) is 13.6. The highest BCUT2D eigenvalue weighted by Gasteiger charge is 2.35. The zero-order chi connectivity index (χ0) is 15.3. The molecule has 2 aliphatic rings. The summed E-state index contributed by atoms with van der Waals surface area (Å²) < 4.78 is 29.1. The molecule has 2 rings (SSSR count). The van der Waals surface area contributed by atoms with E-state index in [4.69, 9.17) is 0 Å². The maximum atomic E-state index is 12.9. The predicted molar refractivity (Wildman–Crippen MR) is 86.4 cm³/mol. The Kier molecular flexibility index (Phi) is 6.47. The standard InChI is InChI=1S/C15H31N3O2S/c1-3-16-12-15-10-6-7-11-18(15)21(19,20)17(2)13-14-8-4-5-9-14/h14-16H,3-13H2,1-2H3. The van der Waals surface area contributed by atoms with Gasteiger partial charge in [-0.25, -0.2) is 0 Å². The van der Waals surface area contributed by atoms with Crippen LogP contribution < -0.4 is 5.32 Å².